The van der Waals surface area contributed by atoms with Crippen LogP contribution in [0.4, 0.5) is 10.5 Å². The number of carbonyl (C=O) groups excluding carboxylic acids is 1. The van der Waals surface area contributed by atoms with E-state index in [1.165, 1.54) is 0 Å². The van der Waals surface area contributed by atoms with Crippen molar-refractivity contribution in [1.82, 2.24) is 4.98 Å². The number of anilines is 1. The minimum absolute atomic E-state index is 0.0755. The van der Waals surface area contributed by atoms with Crippen LogP contribution in [0.5, 0.6) is 5.75 Å². The Balaban J connectivity index is 2.09. The molecule has 0 saturated heterocycles. The van der Waals surface area contributed by atoms with Crippen molar-refractivity contribution in [2.24, 2.45) is 0 Å². The molecule has 2 rings (SSSR count). The van der Waals surface area contributed by atoms with Gasteiger partial charge in [0.2, 0.25) is 0 Å². The van der Waals surface area contributed by atoms with Gasteiger partial charge >= 0.3 is 12.1 Å². The second-order valence-electron chi connectivity index (χ2n) is 6.99. The number of aryl methyl sites for hydroxylation is 1. The molecule has 8 heteroatoms. The third kappa shape index (κ3) is 7.36. The molecular formula is C22H28N2O6. The molecule has 0 spiro atoms. The Morgan fingerprint density at radius 2 is 1.90 bits per heavy atom. The Kier molecular flexibility index (Phi) is 8.61. The highest BCUT2D eigenvalue weighted by Crippen LogP contribution is 2.27. The zero-order valence-corrected chi connectivity index (χ0v) is 17.7. The number of ether oxygens (including phenoxy) is 3. The molecule has 1 unspecified atom stereocenters. The van der Waals surface area contributed by atoms with Crippen LogP contribution in [-0.2, 0) is 27.3 Å². The topological polar surface area (TPSA) is 107 Å². The van der Waals surface area contributed by atoms with Gasteiger partial charge in [0.1, 0.15) is 12.4 Å². The molecule has 1 heterocycles. The van der Waals surface area contributed by atoms with E-state index >= 15 is 0 Å². The molecule has 0 aliphatic carbocycles. The third-order valence-corrected chi connectivity index (χ3v) is 4.06. The number of hydrogen-bond acceptors (Lipinski definition) is 6. The van der Waals surface area contributed by atoms with Crippen molar-refractivity contribution in [3.8, 4) is 5.75 Å². The van der Waals surface area contributed by atoms with Crippen LogP contribution in [0.3, 0.4) is 0 Å². The summed E-state index contributed by atoms with van der Waals surface area (Å²) < 4.78 is 16.3. The van der Waals surface area contributed by atoms with Crippen LogP contribution in [0.2, 0.25) is 0 Å². The van der Waals surface area contributed by atoms with E-state index in [2.05, 4.69) is 10.3 Å². The lowest BCUT2D eigenvalue weighted by molar-refractivity contribution is -0.153. The quantitative estimate of drug-likeness (QED) is 0.604. The van der Waals surface area contributed by atoms with Gasteiger partial charge in [-0.2, -0.15) is 0 Å². The number of benzene rings is 1. The van der Waals surface area contributed by atoms with E-state index in [9.17, 15) is 14.7 Å². The fourth-order valence-electron chi connectivity index (χ4n) is 2.70. The lowest BCUT2D eigenvalue weighted by atomic mass is 10.1. The van der Waals surface area contributed by atoms with E-state index in [-0.39, 0.29) is 19.1 Å². The fraction of sp³-hybridized carbons (Fsp3) is 0.409. The van der Waals surface area contributed by atoms with Crippen LogP contribution in [0, 0.1) is 6.92 Å². The number of nitrogens with one attached hydrogen (secondary N) is 1. The summed E-state index contributed by atoms with van der Waals surface area (Å²) in [6, 6.07) is 8.78. The average Bonchev–Trinajstić information content (AvgIpc) is 2.68. The summed E-state index contributed by atoms with van der Waals surface area (Å²) in [5, 5.41) is 12.1. The fourth-order valence-corrected chi connectivity index (χ4v) is 2.70. The summed E-state index contributed by atoms with van der Waals surface area (Å²) in [4.78, 5) is 27.9. The number of carboxylic acid groups (broad SMARTS) is 1. The Labute approximate surface area is 176 Å². The van der Waals surface area contributed by atoms with Crippen molar-refractivity contribution in [2.45, 2.75) is 52.9 Å². The molecule has 2 N–H and O–H groups in total. The van der Waals surface area contributed by atoms with E-state index in [4.69, 9.17) is 14.2 Å². The first-order valence-corrected chi connectivity index (χ1v) is 9.77. The monoisotopic (exact) mass is 416 g/mol. The molecule has 0 aliphatic heterocycles. The molecule has 30 heavy (non-hydrogen) atoms. The van der Waals surface area contributed by atoms with E-state index in [0.717, 1.165) is 11.3 Å². The molecule has 1 aromatic carbocycles. The molecular weight excluding hydrogens is 388 g/mol. The first kappa shape index (κ1) is 23.2. The van der Waals surface area contributed by atoms with E-state index in [1.54, 1.807) is 38.2 Å². The molecule has 1 aromatic heterocycles. The van der Waals surface area contributed by atoms with Crippen LogP contribution < -0.4 is 10.1 Å². The van der Waals surface area contributed by atoms with Crippen molar-refractivity contribution in [3.05, 3.63) is 53.3 Å². The molecule has 162 valence electrons. The summed E-state index contributed by atoms with van der Waals surface area (Å²) >= 11 is 0. The first-order valence-electron chi connectivity index (χ1n) is 9.77. The molecule has 1 amide bonds. The highest BCUT2D eigenvalue weighted by Gasteiger charge is 2.21. The van der Waals surface area contributed by atoms with Gasteiger partial charge in [0, 0.05) is 23.9 Å². The summed E-state index contributed by atoms with van der Waals surface area (Å²) in [6.45, 7) is 7.75. The standard InChI is InChI=1S/C22H28N2O6/c1-5-28-19-9-8-16(11-20(21(25)26)30-14(2)3)10-18(19)24-22(27)29-13-17-7-6-15(4)23-12-17/h6-10,12,14,20H,5,11,13H2,1-4H3,(H,24,27)(H,25,26). The van der Waals surface area contributed by atoms with Gasteiger partial charge < -0.3 is 19.3 Å². The second-order valence-corrected chi connectivity index (χ2v) is 6.99. The maximum atomic E-state index is 12.3. The van der Waals surface area contributed by atoms with Gasteiger partial charge in [-0.05, 0) is 51.5 Å². The number of hydrogen-bond donors (Lipinski definition) is 2. The number of carbonyl (C=O) groups is 2. The lowest BCUT2D eigenvalue weighted by Crippen LogP contribution is -2.29. The number of aromatic nitrogens is 1. The van der Waals surface area contributed by atoms with Crippen LogP contribution in [0.25, 0.3) is 0 Å². The molecule has 0 aliphatic rings. The summed E-state index contributed by atoms with van der Waals surface area (Å²) in [6.07, 6.45) is -0.0646. The molecule has 0 fully saturated rings. The van der Waals surface area contributed by atoms with Gasteiger partial charge in [0.05, 0.1) is 18.4 Å². The molecule has 8 nitrogen and oxygen atoms in total. The van der Waals surface area contributed by atoms with Crippen molar-refractivity contribution in [1.29, 1.82) is 0 Å². The lowest BCUT2D eigenvalue weighted by Gasteiger charge is -2.18. The highest BCUT2D eigenvalue weighted by atomic mass is 16.5. The number of aliphatic carboxylic acids is 1. The predicted octanol–water partition coefficient (Wildman–Crippen LogP) is 3.96. The molecule has 0 radical (unpaired) electrons. The highest BCUT2D eigenvalue weighted by molar-refractivity contribution is 5.87. The number of rotatable bonds is 10. The summed E-state index contributed by atoms with van der Waals surface area (Å²) in [7, 11) is 0. The molecule has 0 saturated carbocycles. The number of amides is 1. The van der Waals surface area contributed by atoms with Gasteiger partial charge in [-0.1, -0.05) is 12.1 Å². The second kappa shape index (κ2) is 11.2. The normalized spacial score (nSPS) is 11.8. The van der Waals surface area contributed by atoms with Crippen molar-refractivity contribution in [2.75, 3.05) is 11.9 Å². The largest absolute Gasteiger partial charge is 0.492 e. The number of nitrogens with zero attached hydrogens (tertiary/aromatic N) is 1. The summed E-state index contributed by atoms with van der Waals surface area (Å²) in [5.74, 6) is -0.579. The number of carboxylic acids is 1. The van der Waals surface area contributed by atoms with Crippen LogP contribution in [0.1, 0.15) is 37.6 Å². The minimum Gasteiger partial charge on any atom is -0.492 e. The zero-order chi connectivity index (χ0) is 22.1. The molecule has 0 bridgehead atoms. The maximum Gasteiger partial charge on any atom is 0.412 e. The van der Waals surface area contributed by atoms with E-state index in [0.29, 0.717) is 23.6 Å². The smallest absolute Gasteiger partial charge is 0.412 e. The predicted molar refractivity (Wildman–Crippen MR) is 112 cm³/mol. The third-order valence-electron chi connectivity index (χ3n) is 4.06. The molecule has 2 aromatic rings. The maximum absolute atomic E-state index is 12.3. The van der Waals surface area contributed by atoms with E-state index in [1.807, 2.05) is 26.0 Å². The van der Waals surface area contributed by atoms with Gasteiger partial charge in [-0.25, -0.2) is 9.59 Å². The Morgan fingerprint density at radius 1 is 1.17 bits per heavy atom. The van der Waals surface area contributed by atoms with Gasteiger partial charge in [-0.15, -0.1) is 0 Å². The van der Waals surface area contributed by atoms with E-state index < -0.39 is 18.2 Å². The summed E-state index contributed by atoms with van der Waals surface area (Å²) in [5.41, 5.74) is 2.73. The van der Waals surface area contributed by atoms with Crippen LogP contribution in [0.15, 0.2) is 36.5 Å². The minimum atomic E-state index is -1.04. The van der Waals surface area contributed by atoms with Gasteiger partial charge in [0.25, 0.3) is 0 Å². The number of pyridine rings is 1. The zero-order valence-electron chi connectivity index (χ0n) is 17.7. The van der Waals surface area contributed by atoms with Crippen LogP contribution in [-0.4, -0.2) is 41.0 Å². The Morgan fingerprint density at radius 3 is 2.50 bits per heavy atom. The first-order chi connectivity index (χ1) is 14.3. The average molecular weight is 416 g/mol. The van der Waals surface area contributed by atoms with Crippen molar-refractivity contribution < 1.29 is 28.9 Å². The van der Waals surface area contributed by atoms with Gasteiger partial charge in [-0.3, -0.25) is 10.3 Å². The van der Waals surface area contributed by atoms with Crippen molar-refractivity contribution >= 4 is 17.7 Å². The van der Waals surface area contributed by atoms with Crippen LogP contribution >= 0.6 is 0 Å². The Bertz CT molecular complexity index is 851. The van der Waals surface area contributed by atoms with Gasteiger partial charge in [0.15, 0.2) is 6.10 Å². The van der Waals surface area contributed by atoms with Crippen molar-refractivity contribution in [3.63, 3.8) is 0 Å². The Hall–Kier alpha value is -3.13. The molecule has 1 atom stereocenters. The SMILES string of the molecule is CCOc1ccc(CC(OC(C)C)C(=O)O)cc1NC(=O)OCc1ccc(C)nc1.